The summed E-state index contributed by atoms with van der Waals surface area (Å²) >= 11 is 0. The summed E-state index contributed by atoms with van der Waals surface area (Å²) in [5.41, 5.74) is 0.901. The molecule has 0 aliphatic carbocycles. The number of aliphatic hydroxyl groups excluding tert-OH is 1. The zero-order chi connectivity index (χ0) is 12.7. The van der Waals surface area contributed by atoms with Gasteiger partial charge in [0, 0.05) is 12.6 Å². The van der Waals surface area contributed by atoms with E-state index in [0.29, 0.717) is 6.54 Å². The Bertz CT molecular complexity index is 367. The van der Waals surface area contributed by atoms with Gasteiger partial charge in [0.05, 0.1) is 20.3 Å². The molecule has 0 fully saturated rings. The molecule has 0 radical (unpaired) electrons. The lowest BCUT2D eigenvalue weighted by atomic mass is 10.2. The van der Waals surface area contributed by atoms with E-state index in [1.165, 1.54) is 4.90 Å². The van der Waals surface area contributed by atoms with Crippen LogP contribution >= 0.6 is 0 Å². The number of rotatable bonds is 5. The van der Waals surface area contributed by atoms with Crippen molar-refractivity contribution in [1.82, 2.24) is 4.90 Å². The van der Waals surface area contributed by atoms with Crippen molar-refractivity contribution in [3.63, 3.8) is 0 Å². The third-order valence-corrected chi connectivity index (χ3v) is 2.23. The zero-order valence-corrected chi connectivity index (χ0v) is 10.0. The largest absolute Gasteiger partial charge is 0.496 e. The molecule has 1 N–H and O–H groups in total. The molecule has 1 aromatic carbocycles. The smallest absolute Gasteiger partial charge is 0.409 e. The molecule has 17 heavy (non-hydrogen) atoms. The first-order valence-corrected chi connectivity index (χ1v) is 5.29. The maximum Gasteiger partial charge on any atom is 0.409 e. The molecular weight excluding hydrogens is 222 g/mol. The van der Waals surface area contributed by atoms with Crippen molar-refractivity contribution in [2.45, 2.75) is 6.54 Å². The fraction of sp³-hybridized carbons (Fsp3) is 0.417. The van der Waals surface area contributed by atoms with E-state index in [1.807, 2.05) is 24.3 Å². The summed E-state index contributed by atoms with van der Waals surface area (Å²) in [4.78, 5) is 12.9. The number of hydrogen-bond acceptors (Lipinski definition) is 4. The van der Waals surface area contributed by atoms with Crippen molar-refractivity contribution < 1.29 is 19.4 Å². The molecule has 0 unspecified atom stereocenters. The monoisotopic (exact) mass is 239 g/mol. The second-order valence-electron chi connectivity index (χ2n) is 3.51. The number of hydrogen-bond donors (Lipinski definition) is 1. The molecule has 1 aromatic rings. The summed E-state index contributed by atoms with van der Waals surface area (Å²) in [6.45, 7) is 0.234. The quantitative estimate of drug-likeness (QED) is 0.840. The third kappa shape index (κ3) is 3.96. The van der Waals surface area contributed by atoms with Gasteiger partial charge in [0.1, 0.15) is 12.4 Å². The van der Waals surface area contributed by atoms with Gasteiger partial charge in [-0.3, -0.25) is 0 Å². The summed E-state index contributed by atoms with van der Waals surface area (Å²) in [5, 5.41) is 8.55. The molecule has 0 aliphatic rings. The van der Waals surface area contributed by atoms with Crippen molar-refractivity contribution in [2.24, 2.45) is 0 Å². The van der Waals surface area contributed by atoms with E-state index in [0.717, 1.165) is 11.3 Å². The van der Waals surface area contributed by atoms with Gasteiger partial charge in [-0.1, -0.05) is 18.2 Å². The number of nitrogens with zero attached hydrogens (tertiary/aromatic N) is 1. The number of aliphatic hydroxyl groups is 1. The normalized spacial score (nSPS) is 9.82. The molecule has 1 amide bonds. The molecule has 5 nitrogen and oxygen atoms in total. The molecule has 94 valence electrons. The topological polar surface area (TPSA) is 59.0 Å². The van der Waals surface area contributed by atoms with Gasteiger partial charge >= 0.3 is 6.09 Å². The van der Waals surface area contributed by atoms with Crippen LogP contribution in [0.25, 0.3) is 0 Å². The highest BCUT2D eigenvalue weighted by Gasteiger charge is 2.12. The Morgan fingerprint density at radius 1 is 1.41 bits per heavy atom. The molecule has 5 heteroatoms. The minimum absolute atomic E-state index is 0.00903. The maximum absolute atomic E-state index is 11.5. The predicted octanol–water partition coefficient (Wildman–Crippen LogP) is 1.26. The number of carbonyl (C=O) groups excluding carboxylic acids is 1. The maximum atomic E-state index is 11.5. The first kappa shape index (κ1) is 13.3. The van der Waals surface area contributed by atoms with E-state index in [-0.39, 0.29) is 13.2 Å². The van der Waals surface area contributed by atoms with E-state index < -0.39 is 6.09 Å². The highest BCUT2D eigenvalue weighted by molar-refractivity contribution is 5.67. The lowest BCUT2D eigenvalue weighted by Crippen LogP contribution is -2.28. The lowest BCUT2D eigenvalue weighted by Gasteiger charge is -2.18. The summed E-state index contributed by atoms with van der Waals surface area (Å²) in [5.74, 6) is 0.731. The van der Waals surface area contributed by atoms with Gasteiger partial charge in [-0.05, 0) is 6.07 Å². The van der Waals surface area contributed by atoms with Crippen LogP contribution in [0.5, 0.6) is 5.75 Å². The first-order chi connectivity index (χ1) is 8.19. The Labute approximate surface area is 101 Å². The van der Waals surface area contributed by atoms with Gasteiger partial charge in [0.25, 0.3) is 0 Å². The fourth-order valence-electron chi connectivity index (χ4n) is 1.40. The Morgan fingerprint density at radius 3 is 2.76 bits per heavy atom. The van der Waals surface area contributed by atoms with Crippen LogP contribution in [0.15, 0.2) is 24.3 Å². The Kier molecular flexibility index (Phi) is 5.29. The van der Waals surface area contributed by atoms with Gasteiger partial charge in [-0.25, -0.2) is 4.79 Å². The molecule has 0 saturated heterocycles. The van der Waals surface area contributed by atoms with Crippen LogP contribution in [0.2, 0.25) is 0 Å². The van der Waals surface area contributed by atoms with Crippen LogP contribution in [0.1, 0.15) is 5.56 Å². The standard InChI is InChI=1S/C12H17NO4/c1-13(12(15)17-8-7-14)9-10-5-3-4-6-11(10)16-2/h3-6,14H,7-9H2,1-2H3. The molecule has 0 spiro atoms. The average molecular weight is 239 g/mol. The SMILES string of the molecule is COc1ccccc1CN(C)C(=O)OCCO. The van der Waals surface area contributed by atoms with Crippen LogP contribution in [0.4, 0.5) is 4.79 Å². The predicted molar refractivity (Wildman–Crippen MR) is 62.9 cm³/mol. The van der Waals surface area contributed by atoms with E-state index in [1.54, 1.807) is 14.2 Å². The van der Waals surface area contributed by atoms with Crippen LogP contribution < -0.4 is 4.74 Å². The lowest BCUT2D eigenvalue weighted by molar-refractivity contribution is 0.0892. The van der Waals surface area contributed by atoms with Crippen molar-refractivity contribution >= 4 is 6.09 Å². The van der Waals surface area contributed by atoms with Crippen molar-refractivity contribution in [1.29, 1.82) is 0 Å². The molecule has 1 rings (SSSR count). The van der Waals surface area contributed by atoms with Crippen LogP contribution in [-0.4, -0.2) is 43.5 Å². The van der Waals surface area contributed by atoms with Crippen LogP contribution in [-0.2, 0) is 11.3 Å². The number of benzene rings is 1. The first-order valence-electron chi connectivity index (χ1n) is 5.29. The molecule has 0 aliphatic heterocycles. The van der Waals surface area contributed by atoms with E-state index in [2.05, 4.69) is 0 Å². The van der Waals surface area contributed by atoms with Gasteiger partial charge < -0.3 is 19.5 Å². The Morgan fingerprint density at radius 2 is 2.12 bits per heavy atom. The van der Waals surface area contributed by atoms with Crippen molar-refractivity contribution in [2.75, 3.05) is 27.4 Å². The second kappa shape index (κ2) is 6.75. The average Bonchev–Trinajstić information content (AvgIpc) is 2.36. The number of para-hydroxylation sites is 1. The summed E-state index contributed by atoms with van der Waals surface area (Å²) in [6.07, 6.45) is -0.468. The second-order valence-corrected chi connectivity index (χ2v) is 3.51. The minimum atomic E-state index is -0.468. The molecule has 0 atom stereocenters. The van der Waals surface area contributed by atoms with Crippen molar-refractivity contribution in [3.05, 3.63) is 29.8 Å². The highest BCUT2D eigenvalue weighted by atomic mass is 16.6. The number of amides is 1. The molecule has 0 heterocycles. The summed E-state index contributed by atoms with van der Waals surface area (Å²) < 4.78 is 9.98. The van der Waals surface area contributed by atoms with Gasteiger partial charge in [-0.2, -0.15) is 0 Å². The van der Waals surface area contributed by atoms with Gasteiger partial charge in [-0.15, -0.1) is 0 Å². The van der Waals surface area contributed by atoms with E-state index in [9.17, 15) is 4.79 Å². The molecular formula is C12H17NO4. The van der Waals surface area contributed by atoms with Crippen molar-refractivity contribution in [3.8, 4) is 5.75 Å². The summed E-state index contributed by atoms with van der Waals surface area (Å²) in [6, 6.07) is 7.47. The van der Waals surface area contributed by atoms with Crippen LogP contribution in [0.3, 0.4) is 0 Å². The Balaban J connectivity index is 2.60. The zero-order valence-electron chi connectivity index (χ0n) is 10.0. The number of methoxy groups -OCH3 is 1. The minimum Gasteiger partial charge on any atom is -0.496 e. The van der Waals surface area contributed by atoms with Crippen LogP contribution in [0, 0.1) is 0 Å². The van der Waals surface area contributed by atoms with E-state index >= 15 is 0 Å². The highest BCUT2D eigenvalue weighted by Crippen LogP contribution is 2.18. The third-order valence-electron chi connectivity index (χ3n) is 2.23. The van der Waals surface area contributed by atoms with Gasteiger partial charge in [0.15, 0.2) is 0 Å². The molecule has 0 saturated carbocycles. The number of carbonyl (C=O) groups is 1. The molecule has 0 bridgehead atoms. The van der Waals surface area contributed by atoms with E-state index in [4.69, 9.17) is 14.6 Å². The fourth-order valence-corrected chi connectivity index (χ4v) is 1.40. The van der Waals surface area contributed by atoms with Gasteiger partial charge in [0.2, 0.25) is 0 Å². The molecule has 0 aromatic heterocycles. The summed E-state index contributed by atoms with van der Waals surface area (Å²) in [7, 11) is 3.22. The Hall–Kier alpha value is -1.75. The number of ether oxygens (including phenoxy) is 2.